The van der Waals surface area contributed by atoms with Gasteiger partial charge in [0.2, 0.25) is 0 Å². The summed E-state index contributed by atoms with van der Waals surface area (Å²) in [7, 11) is 1.62. The van der Waals surface area contributed by atoms with Crippen molar-refractivity contribution in [3.8, 4) is 17.0 Å². The van der Waals surface area contributed by atoms with Gasteiger partial charge in [0.15, 0.2) is 0 Å². The van der Waals surface area contributed by atoms with Gasteiger partial charge in [-0.3, -0.25) is 4.98 Å². The standard InChI is InChI=1S/C14H13NO3/c1-9-7-11(18-2)4-5-12(9)13-6-3-10(8-15-13)14(16)17/h3-8H,1-2H3,(H,16,17). The van der Waals surface area contributed by atoms with Crippen LogP contribution in [0.4, 0.5) is 0 Å². The summed E-state index contributed by atoms with van der Waals surface area (Å²) in [6.07, 6.45) is 1.36. The SMILES string of the molecule is COc1ccc(-c2ccc(C(=O)O)cn2)c(C)c1. The highest BCUT2D eigenvalue weighted by atomic mass is 16.5. The van der Waals surface area contributed by atoms with E-state index in [1.165, 1.54) is 6.20 Å². The molecule has 1 aromatic carbocycles. The van der Waals surface area contributed by atoms with Crippen molar-refractivity contribution in [2.45, 2.75) is 6.92 Å². The Morgan fingerprint density at radius 3 is 2.56 bits per heavy atom. The number of benzene rings is 1. The van der Waals surface area contributed by atoms with Crippen molar-refractivity contribution in [3.63, 3.8) is 0 Å². The molecule has 0 spiro atoms. The molecule has 4 heteroatoms. The van der Waals surface area contributed by atoms with E-state index in [9.17, 15) is 4.79 Å². The summed E-state index contributed by atoms with van der Waals surface area (Å²) in [5.74, 6) is -0.182. The normalized spacial score (nSPS) is 10.1. The Hall–Kier alpha value is -2.36. The van der Waals surface area contributed by atoms with Crippen LogP contribution in [0.3, 0.4) is 0 Å². The van der Waals surface area contributed by atoms with Crippen molar-refractivity contribution in [3.05, 3.63) is 47.7 Å². The Labute approximate surface area is 105 Å². The lowest BCUT2D eigenvalue weighted by Gasteiger charge is -2.07. The summed E-state index contributed by atoms with van der Waals surface area (Å²) in [5.41, 5.74) is 2.93. The number of pyridine rings is 1. The van der Waals surface area contributed by atoms with Gasteiger partial charge in [0.1, 0.15) is 5.75 Å². The summed E-state index contributed by atoms with van der Waals surface area (Å²) in [4.78, 5) is 14.9. The van der Waals surface area contributed by atoms with Crippen LogP contribution >= 0.6 is 0 Å². The molecule has 4 nitrogen and oxygen atoms in total. The summed E-state index contributed by atoms with van der Waals surface area (Å²) in [6.45, 7) is 1.96. The minimum atomic E-state index is -0.972. The number of ether oxygens (including phenoxy) is 1. The van der Waals surface area contributed by atoms with Crippen LogP contribution in [-0.4, -0.2) is 23.2 Å². The van der Waals surface area contributed by atoms with Gasteiger partial charge < -0.3 is 9.84 Å². The van der Waals surface area contributed by atoms with Gasteiger partial charge in [-0.05, 0) is 42.8 Å². The number of aromatic nitrogens is 1. The number of hydrogen-bond acceptors (Lipinski definition) is 3. The summed E-state index contributed by atoms with van der Waals surface area (Å²) < 4.78 is 5.14. The van der Waals surface area contributed by atoms with Crippen molar-refractivity contribution in [1.29, 1.82) is 0 Å². The maximum Gasteiger partial charge on any atom is 0.337 e. The van der Waals surface area contributed by atoms with Gasteiger partial charge in [0, 0.05) is 11.8 Å². The number of hydrogen-bond donors (Lipinski definition) is 1. The number of carboxylic acids is 1. The molecule has 0 bridgehead atoms. The first-order valence-corrected chi connectivity index (χ1v) is 5.46. The van der Waals surface area contributed by atoms with E-state index in [-0.39, 0.29) is 5.56 Å². The average Bonchev–Trinajstić information content (AvgIpc) is 2.38. The van der Waals surface area contributed by atoms with Crippen LogP contribution in [0.15, 0.2) is 36.5 Å². The highest BCUT2D eigenvalue weighted by Crippen LogP contribution is 2.25. The first-order valence-electron chi connectivity index (χ1n) is 5.46. The van der Waals surface area contributed by atoms with Crippen LogP contribution in [-0.2, 0) is 0 Å². The molecule has 92 valence electrons. The highest BCUT2D eigenvalue weighted by Gasteiger charge is 2.07. The predicted molar refractivity (Wildman–Crippen MR) is 67.9 cm³/mol. The van der Waals surface area contributed by atoms with E-state index in [2.05, 4.69) is 4.98 Å². The van der Waals surface area contributed by atoms with Crippen molar-refractivity contribution in [1.82, 2.24) is 4.98 Å². The number of aryl methyl sites for hydroxylation is 1. The topological polar surface area (TPSA) is 59.4 Å². The Kier molecular flexibility index (Phi) is 3.28. The fraction of sp³-hybridized carbons (Fsp3) is 0.143. The first kappa shape index (κ1) is 12.1. The van der Waals surface area contributed by atoms with Crippen molar-refractivity contribution >= 4 is 5.97 Å². The Morgan fingerprint density at radius 1 is 1.28 bits per heavy atom. The van der Waals surface area contributed by atoms with Gasteiger partial charge >= 0.3 is 5.97 Å². The largest absolute Gasteiger partial charge is 0.497 e. The molecular weight excluding hydrogens is 230 g/mol. The van der Waals surface area contributed by atoms with Crippen molar-refractivity contribution in [2.24, 2.45) is 0 Å². The Balaban J connectivity index is 2.39. The van der Waals surface area contributed by atoms with E-state index in [1.54, 1.807) is 19.2 Å². The molecule has 0 aliphatic heterocycles. The third-order valence-corrected chi connectivity index (χ3v) is 2.72. The molecule has 2 rings (SSSR count). The maximum atomic E-state index is 10.7. The molecule has 0 atom stereocenters. The Bertz CT molecular complexity index is 576. The third-order valence-electron chi connectivity index (χ3n) is 2.72. The van der Waals surface area contributed by atoms with E-state index in [0.29, 0.717) is 0 Å². The second-order valence-corrected chi connectivity index (χ2v) is 3.92. The van der Waals surface area contributed by atoms with Crippen LogP contribution in [0.2, 0.25) is 0 Å². The number of carboxylic acid groups (broad SMARTS) is 1. The van der Waals surface area contributed by atoms with Gasteiger partial charge in [0.05, 0.1) is 18.4 Å². The van der Waals surface area contributed by atoms with Gasteiger partial charge in [-0.15, -0.1) is 0 Å². The molecule has 1 heterocycles. The summed E-state index contributed by atoms with van der Waals surface area (Å²) in [6, 6.07) is 8.95. The summed E-state index contributed by atoms with van der Waals surface area (Å²) in [5, 5.41) is 8.81. The van der Waals surface area contributed by atoms with E-state index < -0.39 is 5.97 Å². The quantitative estimate of drug-likeness (QED) is 0.900. The second-order valence-electron chi connectivity index (χ2n) is 3.92. The van der Waals surface area contributed by atoms with Gasteiger partial charge in [-0.2, -0.15) is 0 Å². The number of rotatable bonds is 3. The second kappa shape index (κ2) is 4.87. The minimum Gasteiger partial charge on any atom is -0.497 e. The van der Waals surface area contributed by atoms with E-state index in [1.807, 2.05) is 25.1 Å². The highest BCUT2D eigenvalue weighted by molar-refractivity contribution is 5.87. The fourth-order valence-electron chi connectivity index (χ4n) is 1.73. The van der Waals surface area contributed by atoms with Crippen LogP contribution in [0.25, 0.3) is 11.3 Å². The zero-order chi connectivity index (χ0) is 13.1. The molecule has 0 saturated heterocycles. The Morgan fingerprint density at radius 2 is 2.06 bits per heavy atom. The third kappa shape index (κ3) is 2.32. The molecule has 0 fully saturated rings. The monoisotopic (exact) mass is 243 g/mol. The smallest absolute Gasteiger partial charge is 0.337 e. The molecule has 0 saturated carbocycles. The van der Waals surface area contributed by atoms with E-state index in [0.717, 1.165) is 22.6 Å². The van der Waals surface area contributed by atoms with Crippen molar-refractivity contribution in [2.75, 3.05) is 7.11 Å². The molecule has 0 unspecified atom stereocenters. The van der Waals surface area contributed by atoms with Crippen molar-refractivity contribution < 1.29 is 14.6 Å². The molecule has 18 heavy (non-hydrogen) atoms. The molecule has 1 N–H and O–H groups in total. The van der Waals surface area contributed by atoms with E-state index in [4.69, 9.17) is 9.84 Å². The molecular formula is C14H13NO3. The van der Waals surface area contributed by atoms with Gasteiger partial charge in [-0.1, -0.05) is 0 Å². The zero-order valence-electron chi connectivity index (χ0n) is 10.2. The predicted octanol–water partition coefficient (Wildman–Crippen LogP) is 2.76. The number of carbonyl (C=O) groups is 1. The van der Waals surface area contributed by atoms with Crippen LogP contribution in [0.5, 0.6) is 5.75 Å². The van der Waals surface area contributed by atoms with Gasteiger partial charge in [0.25, 0.3) is 0 Å². The molecule has 0 aliphatic carbocycles. The van der Waals surface area contributed by atoms with Crippen LogP contribution < -0.4 is 4.74 Å². The summed E-state index contributed by atoms with van der Waals surface area (Å²) >= 11 is 0. The lowest BCUT2D eigenvalue weighted by Crippen LogP contribution is -1.97. The first-order chi connectivity index (χ1) is 8.61. The number of aromatic carboxylic acids is 1. The fourth-order valence-corrected chi connectivity index (χ4v) is 1.73. The number of nitrogens with zero attached hydrogens (tertiary/aromatic N) is 1. The lowest BCUT2D eigenvalue weighted by atomic mass is 10.0. The minimum absolute atomic E-state index is 0.185. The lowest BCUT2D eigenvalue weighted by molar-refractivity contribution is 0.0696. The van der Waals surface area contributed by atoms with Crippen LogP contribution in [0, 0.1) is 6.92 Å². The van der Waals surface area contributed by atoms with Crippen LogP contribution in [0.1, 0.15) is 15.9 Å². The molecule has 0 amide bonds. The maximum absolute atomic E-state index is 10.7. The molecule has 2 aromatic rings. The van der Waals surface area contributed by atoms with E-state index >= 15 is 0 Å². The number of methoxy groups -OCH3 is 1. The van der Waals surface area contributed by atoms with Gasteiger partial charge in [-0.25, -0.2) is 4.79 Å². The molecule has 0 radical (unpaired) electrons. The zero-order valence-corrected chi connectivity index (χ0v) is 10.2. The molecule has 1 aromatic heterocycles. The molecule has 0 aliphatic rings. The average molecular weight is 243 g/mol.